The molecule has 0 saturated carbocycles. The van der Waals surface area contributed by atoms with E-state index in [0.717, 1.165) is 24.5 Å². The van der Waals surface area contributed by atoms with Crippen molar-refractivity contribution in [3.8, 4) is 5.75 Å². The Labute approximate surface area is 139 Å². The van der Waals surface area contributed by atoms with E-state index in [-0.39, 0.29) is 11.6 Å². The molecule has 8 nitrogen and oxygen atoms in total. The Bertz CT molecular complexity index is 738. The summed E-state index contributed by atoms with van der Waals surface area (Å²) in [5, 5.41) is 17.1. The van der Waals surface area contributed by atoms with E-state index in [1.807, 2.05) is 0 Å². The predicted octanol–water partition coefficient (Wildman–Crippen LogP) is 0.758. The first-order valence-corrected chi connectivity index (χ1v) is 7.53. The lowest BCUT2D eigenvalue weighted by molar-refractivity contribution is 0.122. The number of nitrogens with zero attached hydrogens (tertiary/aromatic N) is 5. The summed E-state index contributed by atoms with van der Waals surface area (Å²) >= 11 is 0. The summed E-state index contributed by atoms with van der Waals surface area (Å²) in [7, 11) is 0. The maximum Gasteiger partial charge on any atom is 0.173 e. The molecule has 1 fully saturated rings. The first-order chi connectivity index (χ1) is 11.7. The molecule has 0 bridgehead atoms. The van der Waals surface area contributed by atoms with Gasteiger partial charge in [0.05, 0.1) is 31.8 Å². The second kappa shape index (κ2) is 7.51. The molecule has 1 saturated heterocycles. The van der Waals surface area contributed by atoms with Gasteiger partial charge in [0.2, 0.25) is 0 Å². The van der Waals surface area contributed by atoms with E-state index in [0.29, 0.717) is 18.9 Å². The van der Waals surface area contributed by atoms with Crippen molar-refractivity contribution in [2.45, 2.75) is 0 Å². The van der Waals surface area contributed by atoms with Crippen molar-refractivity contribution in [3.63, 3.8) is 0 Å². The number of hydrogen-bond donors (Lipinski definition) is 2. The lowest BCUT2D eigenvalue weighted by Gasteiger charge is -2.27. The average Bonchev–Trinajstić information content (AvgIpc) is 2.64. The van der Waals surface area contributed by atoms with Gasteiger partial charge in [0.1, 0.15) is 17.3 Å². The summed E-state index contributed by atoms with van der Waals surface area (Å²) in [4.78, 5) is 10.7. The summed E-state index contributed by atoms with van der Waals surface area (Å²) in [5.41, 5.74) is 7.21. The van der Waals surface area contributed by atoms with Gasteiger partial charge in [0.15, 0.2) is 5.84 Å². The van der Waals surface area contributed by atoms with Crippen LogP contribution in [0.2, 0.25) is 0 Å². The molecule has 0 atom stereocenters. The molecule has 3 rings (SSSR count). The standard InChI is InChI=1S/C16H18N6O2/c17-16(21-19-9-12-1-3-13(23)4-2-12)14-10-18-11-15(20-14)22-5-7-24-8-6-22/h1-4,9-11,23H,5-8H2,(H2,17,21)/b19-9+. The number of benzene rings is 1. The zero-order valence-corrected chi connectivity index (χ0v) is 13.0. The van der Waals surface area contributed by atoms with Crippen LogP contribution in [0.3, 0.4) is 0 Å². The molecule has 8 heteroatoms. The number of phenols is 1. The van der Waals surface area contributed by atoms with Gasteiger partial charge in [-0.25, -0.2) is 4.98 Å². The Morgan fingerprint density at radius 1 is 1.21 bits per heavy atom. The van der Waals surface area contributed by atoms with Gasteiger partial charge in [-0.3, -0.25) is 4.98 Å². The molecular weight excluding hydrogens is 308 g/mol. The molecule has 1 aliphatic heterocycles. The van der Waals surface area contributed by atoms with E-state index < -0.39 is 0 Å². The van der Waals surface area contributed by atoms with E-state index >= 15 is 0 Å². The Hall–Kier alpha value is -3.00. The lowest BCUT2D eigenvalue weighted by atomic mass is 10.2. The Balaban J connectivity index is 1.71. The highest BCUT2D eigenvalue weighted by molar-refractivity contribution is 5.96. The van der Waals surface area contributed by atoms with Gasteiger partial charge in [0, 0.05) is 13.1 Å². The van der Waals surface area contributed by atoms with Crippen LogP contribution in [0.15, 0.2) is 46.9 Å². The Morgan fingerprint density at radius 2 is 1.96 bits per heavy atom. The summed E-state index contributed by atoms with van der Waals surface area (Å²) < 4.78 is 5.33. The fourth-order valence-corrected chi connectivity index (χ4v) is 2.19. The van der Waals surface area contributed by atoms with Crippen LogP contribution in [0.25, 0.3) is 0 Å². The van der Waals surface area contributed by atoms with E-state index in [1.54, 1.807) is 42.9 Å². The molecule has 2 aromatic rings. The number of aromatic hydroxyl groups is 1. The average molecular weight is 326 g/mol. The van der Waals surface area contributed by atoms with Gasteiger partial charge < -0.3 is 20.5 Å². The van der Waals surface area contributed by atoms with Gasteiger partial charge in [-0.1, -0.05) is 0 Å². The SMILES string of the molecule is N/C(=N\N=C\c1ccc(O)cc1)c1cncc(N2CCOCC2)n1. The van der Waals surface area contributed by atoms with E-state index in [4.69, 9.17) is 10.5 Å². The maximum atomic E-state index is 9.23. The largest absolute Gasteiger partial charge is 0.508 e. The topological polar surface area (TPSA) is 109 Å². The molecule has 1 aromatic carbocycles. The van der Waals surface area contributed by atoms with Crippen LogP contribution in [-0.2, 0) is 4.74 Å². The highest BCUT2D eigenvalue weighted by atomic mass is 16.5. The van der Waals surface area contributed by atoms with Crippen molar-refractivity contribution in [3.05, 3.63) is 47.9 Å². The van der Waals surface area contributed by atoms with E-state index in [9.17, 15) is 5.11 Å². The van der Waals surface area contributed by atoms with Gasteiger partial charge in [-0.15, -0.1) is 5.10 Å². The van der Waals surface area contributed by atoms with Crippen LogP contribution in [0, 0.1) is 0 Å². The zero-order valence-electron chi connectivity index (χ0n) is 13.0. The summed E-state index contributed by atoms with van der Waals surface area (Å²) in [6, 6.07) is 6.60. The number of aromatic nitrogens is 2. The van der Waals surface area contributed by atoms with Crippen molar-refractivity contribution in [2.24, 2.45) is 15.9 Å². The van der Waals surface area contributed by atoms with Crippen LogP contribution in [0.5, 0.6) is 5.75 Å². The number of hydrogen-bond acceptors (Lipinski definition) is 7. The number of anilines is 1. The Kier molecular flexibility index (Phi) is 4.97. The third kappa shape index (κ3) is 4.05. The van der Waals surface area contributed by atoms with Gasteiger partial charge >= 0.3 is 0 Å². The van der Waals surface area contributed by atoms with Crippen LogP contribution in [0.4, 0.5) is 5.82 Å². The maximum absolute atomic E-state index is 9.23. The van der Waals surface area contributed by atoms with Crippen molar-refractivity contribution in [1.29, 1.82) is 0 Å². The minimum absolute atomic E-state index is 0.188. The normalized spacial score (nSPS) is 15.8. The van der Waals surface area contributed by atoms with Crippen molar-refractivity contribution >= 4 is 17.9 Å². The number of phenolic OH excluding ortho intramolecular Hbond substituents is 1. The van der Waals surface area contributed by atoms with Crippen molar-refractivity contribution in [1.82, 2.24) is 9.97 Å². The molecule has 2 heterocycles. The quantitative estimate of drug-likeness (QED) is 0.488. The third-order valence-electron chi connectivity index (χ3n) is 3.48. The monoisotopic (exact) mass is 326 g/mol. The molecule has 1 aromatic heterocycles. The lowest BCUT2D eigenvalue weighted by Crippen LogP contribution is -2.37. The molecule has 0 spiro atoms. The molecule has 0 radical (unpaired) electrons. The summed E-state index contributed by atoms with van der Waals surface area (Å²) in [6.07, 6.45) is 4.80. The van der Waals surface area contributed by atoms with E-state index in [2.05, 4.69) is 25.1 Å². The van der Waals surface area contributed by atoms with Crippen molar-refractivity contribution in [2.75, 3.05) is 31.2 Å². The molecule has 0 amide bonds. The van der Waals surface area contributed by atoms with Crippen LogP contribution in [0.1, 0.15) is 11.3 Å². The van der Waals surface area contributed by atoms with E-state index in [1.165, 1.54) is 0 Å². The number of ether oxygens (including phenoxy) is 1. The smallest absolute Gasteiger partial charge is 0.173 e. The highest BCUT2D eigenvalue weighted by Crippen LogP contribution is 2.12. The molecule has 1 aliphatic rings. The molecule has 0 aliphatic carbocycles. The molecule has 124 valence electrons. The second-order valence-electron chi connectivity index (χ2n) is 5.18. The predicted molar refractivity (Wildman–Crippen MR) is 91.5 cm³/mol. The number of rotatable bonds is 4. The summed E-state index contributed by atoms with van der Waals surface area (Å²) in [5.74, 6) is 1.13. The second-order valence-corrected chi connectivity index (χ2v) is 5.18. The molecule has 0 unspecified atom stereocenters. The number of amidine groups is 1. The number of nitrogens with two attached hydrogens (primary N) is 1. The minimum Gasteiger partial charge on any atom is -0.508 e. The van der Waals surface area contributed by atoms with Gasteiger partial charge in [-0.2, -0.15) is 5.10 Å². The van der Waals surface area contributed by atoms with Gasteiger partial charge in [0.25, 0.3) is 0 Å². The first kappa shape index (κ1) is 15.9. The molecular formula is C16H18N6O2. The minimum atomic E-state index is 0.188. The summed E-state index contributed by atoms with van der Waals surface area (Å²) in [6.45, 7) is 2.89. The van der Waals surface area contributed by atoms with Crippen LogP contribution >= 0.6 is 0 Å². The van der Waals surface area contributed by atoms with Gasteiger partial charge in [-0.05, 0) is 29.8 Å². The highest BCUT2D eigenvalue weighted by Gasteiger charge is 2.13. The van der Waals surface area contributed by atoms with Crippen LogP contribution < -0.4 is 10.6 Å². The zero-order chi connectivity index (χ0) is 16.8. The molecule has 24 heavy (non-hydrogen) atoms. The molecule has 3 N–H and O–H groups in total. The first-order valence-electron chi connectivity index (χ1n) is 7.53. The Morgan fingerprint density at radius 3 is 2.71 bits per heavy atom. The van der Waals surface area contributed by atoms with Crippen molar-refractivity contribution < 1.29 is 9.84 Å². The number of morpholine rings is 1. The van der Waals surface area contributed by atoms with Crippen LogP contribution in [-0.4, -0.2) is 53.4 Å². The fourth-order valence-electron chi connectivity index (χ4n) is 2.19. The fraction of sp³-hybridized carbons (Fsp3) is 0.250. The third-order valence-corrected chi connectivity index (χ3v) is 3.48.